The molecule has 0 aliphatic rings. The number of hydrogen-bond acceptors (Lipinski definition) is 6. The van der Waals surface area contributed by atoms with Gasteiger partial charge in [-0.15, -0.1) is 0 Å². The predicted octanol–water partition coefficient (Wildman–Crippen LogP) is 0.534. The minimum Gasteiger partial charge on any atom is -0.378 e. The summed E-state index contributed by atoms with van der Waals surface area (Å²) in [6.45, 7) is 2.71. The molecule has 1 rings (SSSR count). The molecule has 0 fully saturated rings. The lowest BCUT2D eigenvalue weighted by molar-refractivity contribution is -0.384. The molecular formula is C11H17N5O3. The van der Waals surface area contributed by atoms with Crippen molar-refractivity contribution < 1.29 is 9.72 Å². The number of nitrogens with one attached hydrogen (secondary N) is 1. The molecule has 19 heavy (non-hydrogen) atoms. The lowest BCUT2D eigenvalue weighted by Crippen LogP contribution is -2.36. The second kappa shape index (κ2) is 6.53. The zero-order chi connectivity index (χ0) is 14.4. The Hall–Kier alpha value is -2.38. The van der Waals surface area contributed by atoms with E-state index in [-0.39, 0.29) is 24.0 Å². The summed E-state index contributed by atoms with van der Waals surface area (Å²) >= 11 is 0. The number of aromatic nitrogens is 1. The number of nitrogen functional groups attached to an aromatic ring is 1. The molecule has 0 saturated carbocycles. The average Bonchev–Trinajstić information content (AvgIpc) is 2.37. The lowest BCUT2D eigenvalue weighted by Gasteiger charge is -2.22. The van der Waals surface area contributed by atoms with E-state index in [2.05, 4.69) is 10.3 Å². The molecule has 0 atom stereocenters. The maximum Gasteiger partial charge on any atom is 0.311 e. The normalized spacial score (nSPS) is 10.0. The lowest BCUT2D eigenvalue weighted by atomic mass is 10.3. The van der Waals surface area contributed by atoms with E-state index in [1.165, 1.54) is 12.1 Å². The molecule has 0 bridgehead atoms. The summed E-state index contributed by atoms with van der Waals surface area (Å²) in [6, 6.07) is 2.79. The molecule has 0 spiro atoms. The fraction of sp³-hybridized carbons (Fsp3) is 0.455. The minimum atomic E-state index is -0.588. The van der Waals surface area contributed by atoms with Crippen molar-refractivity contribution in [2.24, 2.45) is 0 Å². The number of carbonyl (C=O) groups is 1. The SMILES string of the molecule is CCCN(CC(=O)NC)c1ccc([N+](=O)[O-])c(N)n1. The molecule has 1 aromatic rings. The van der Waals surface area contributed by atoms with Gasteiger partial charge in [0.05, 0.1) is 11.5 Å². The highest BCUT2D eigenvalue weighted by Crippen LogP contribution is 2.22. The first kappa shape index (κ1) is 14.7. The van der Waals surface area contributed by atoms with Gasteiger partial charge in [0.1, 0.15) is 5.82 Å². The van der Waals surface area contributed by atoms with Crippen molar-refractivity contribution >= 4 is 23.2 Å². The molecule has 8 heteroatoms. The van der Waals surface area contributed by atoms with Crippen molar-refractivity contribution in [2.45, 2.75) is 13.3 Å². The van der Waals surface area contributed by atoms with Crippen LogP contribution in [-0.2, 0) is 4.79 Å². The van der Waals surface area contributed by atoms with E-state index in [0.29, 0.717) is 12.4 Å². The monoisotopic (exact) mass is 267 g/mol. The summed E-state index contributed by atoms with van der Waals surface area (Å²) in [7, 11) is 1.55. The van der Waals surface area contributed by atoms with Gasteiger partial charge in [0.2, 0.25) is 11.7 Å². The summed E-state index contributed by atoms with van der Waals surface area (Å²) < 4.78 is 0. The predicted molar refractivity (Wildman–Crippen MR) is 71.9 cm³/mol. The van der Waals surface area contributed by atoms with E-state index >= 15 is 0 Å². The van der Waals surface area contributed by atoms with E-state index < -0.39 is 4.92 Å². The van der Waals surface area contributed by atoms with Gasteiger partial charge in [0.25, 0.3) is 0 Å². The number of likely N-dealkylation sites (N-methyl/N-ethyl adjacent to an activating group) is 1. The molecule has 1 heterocycles. The quantitative estimate of drug-likeness (QED) is 0.574. The van der Waals surface area contributed by atoms with Crippen LogP contribution in [0.25, 0.3) is 0 Å². The summed E-state index contributed by atoms with van der Waals surface area (Å²) in [5.41, 5.74) is 5.30. The second-order valence-corrected chi connectivity index (χ2v) is 3.93. The van der Waals surface area contributed by atoms with Gasteiger partial charge in [0.15, 0.2) is 0 Å². The van der Waals surface area contributed by atoms with Crippen LogP contribution in [-0.4, -0.2) is 36.0 Å². The van der Waals surface area contributed by atoms with Crippen LogP contribution in [0.2, 0.25) is 0 Å². The van der Waals surface area contributed by atoms with E-state index in [1.54, 1.807) is 11.9 Å². The van der Waals surface area contributed by atoms with Gasteiger partial charge in [-0.05, 0) is 12.5 Å². The van der Waals surface area contributed by atoms with Crippen molar-refractivity contribution in [3.8, 4) is 0 Å². The van der Waals surface area contributed by atoms with Gasteiger partial charge in [-0.2, -0.15) is 0 Å². The highest BCUT2D eigenvalue weighted by molar-refractivity contribution is 5.80. The first-order valence-corrected chi connectivity index (χ1v) is 5.86. The Morgan fingerprint density at radius 3 is 2.74 bits per heavy atom. The largest absolute Gasteiger partial charge is 0.378 e. The Bertz CT molecular complexity index is 477. The van der Waals surface area contributed by atoms with Gasteiger partial charge < -0.3 is 16.0 Å². The number of anilines is 2. The second-order valence-electron chi connectivity index (χ2n) is 3.93. The number of hydrogen-bond donors (Lipinski definition) is 2. The molecule has 0 radical (unpaired) electrons. The highest BCUT2D eigenvalue weighted by Gasteiger charge is 2.17. The van der Waals surface area contributed by atoms with Crippen LogP contribution in [0.15, 0.2) is 12.1 Å². The van der Waals surface area contributed by atoms with Crippen LogP contribution in [0, 0.1) is 10.1 Å². The summed E-state index contributed by atoms with van der Waals surface area (Å²) in [6.07, 6.45) is 0.815. The number of carbonyl (C=O) groups excluding carboxylic acids is 1. The number of nitro groups is 1. The summed E-state index contributed by atoms with van der Waals surface area (Å²) in [5, 5.41) is 13.2. The standard InChI is InChI=1S/C11H17N5O3/c1-3-6-15(7-10(17)13-2)9-5-4-8(16(18)19)11(12)14-9/h4-5H,3,6-7H2,1-2H3,(H2,12,14)(H,13,17). The fourth-order valence-corrected chi connectivity index (χ4v) is 1.58. The fourth-order valence-electron chi connectivity index (χ4n) is 1.58. The molecule has 0 aliphatic heterocycles. The van der Waals surface area contributed by atoms with Crippen molar-refractivity contribution in [1.29, 1.82) is 0 Å². The van der Waals surface area contributed by atoms with Crippen LogP contribution < -0.4 is 16.0 Å². The Kier molecular flexibility index (Phi) is 5.04. The maximum atomic E-state index is 11.4. The zero-order valence-electron chi connectivity index (χ0n) is 10.9. The minimum absolute atomic E-state index is 0.134. The average molecular weight is 267 g/mol. The summed E-state index contributed by atoms with van der Waals surface area (Å²) in [5.74, 6) is 0.140. The van der Waals surface area contributed by atoms with E-state index in [1.807, 2.05) is 6.92 Å². The van der Waals surface area contributed by atoms with Crippen LogP contribution in [0.3, 0.4) is 0 Å². The number of nitrogens with two attached hydrogens (primary N) is 1. The first-order chi connectivity index (χ1) is 8.99. The third kappa shape index (κ3) is 3.80. The summed E-state index contributed by atoms with van der Waals surface area (Å²) in [4.78, 5) is 27.2. The Morgan fingerprint density at radius 1 is 1.58 bits per heavy atom. The Labute approximate surface area is 110 Å². The third-order valence-electron chi connectivity index (χ3n) is 2.52. The van der Waals surface area contributed by atoms with Gasteiger partial charge in [0, 0.05) is 19.7 Å². The van der Waals surface area contributed by atoms with E-state index in [4.69, 9.17) is 5.73 Å². The number of rotatable bonds is 6. The van der Waals surface area contributed by atoms with Gasteiger partial charge >= 0.3 is 5.69 Å². The van der Waals surface area contributed by atoms with Crippen LogP contribution >= 0.6 is 0 Å². The molecule has 0 saturated heterocycles. The molecule has 8 nitrogen and oxygen atoms in total. The molecular weight excluding hydrogens is 250 g/mol. The molecule has 0 aliphatic carbocycles. The topological polar surface area (TPSA) is 114 Å². The molecule has 1 amide bonds. The highest BCUT2D eigenvalue weighted by atomic mass is 16.6. The Balaban J connectivity index is 2.99. The maximum absolute atomic E-state index is 11.4. The van der Waals surface area contributed by atoms with E-state index in [0.717, 1.165) is 6.42 Å². The molecule has 0 aromatic carbocycles. The third-order valence-corrected chi connectivity index (χ3v) is 2.52. The zero-order valence-corrected chi connectivity index (χ0v) is 10.9. The Morgan fingerprint density at radius 2 is 2.26 bits per heavy atom. The van der Waals surface area contributed by atoms with Crippen LogP contribution in [0.1, 0.15) is 13.3 Å². The van der Waals surface area contributed by atoms with Crippen molar-refractivity contribution in [3.05, 3.63) is 22.2 Å². The van der Waals surface area contributed by atoms with Gasteiger partial charge in [-0.1, -0.05) is 6.92 Å². The number of nitrogens with zero attached hydrogens (tertiary/aromatic N) is 3. The van der Waals surface area contributed by atoms with Crippen molar-refractivity contribution in [2.75, 3.05) is 30.8 Å². The molecule has 3 N–H and O–H groups in total. The molecule has 104 valence electrons. The van der Waals surface area contributed by atoms with Gasteiger partial charge in [-0.3, -0.25) is 14.9 Å². The number of pyridine rings is 1. The molecule has 0 unspecified atom stereocenters. The van der Waals surface area contributed by atoms with Crippen molar-refractivity contribution in [3.63, 3.8) is 0 Å². The van der Waals surface area contributed by atoms with Crippen LogP contribution in [0.4, 0.5) is 17.3 Å². The molecule has 1 aromatic heterocycles. The van der Waals surface area contributed by atoms with Crippen molar-refractivity contribution in [1.82, 2.24) is 10.3 Å². The van der Waals surface area contributed by atoms with E-state index in [9.17, 15) is 14.9 Å². The first-order valence-electron chi connectivity index (χ1n) is 5.86. The van der Waals surface area contributed by atoms with Crippen LogP contribution in [0.5, 0.6) is 0 Å². The van der Waals surface area contributed by atoms with Gasteiger partial charge in [-0.25, -0.2) is 4.98 Å². The number of amides is 1. The smallest absolute Gasteiger partial charge is 0.311 e.